The second kappa shape index (κ2) is 5.76. The molecule has 1 amide bonds. The Labute approximate surface area is 127 Å². The number of carbonyl (C=O) groups excluding carboxylic acids is 1. The highest BCUT2D eigenvalue weighted by Crippen LogP contribution is 2.38. The molecule has 4 heteroatoms. The number of likely N-dealkylation sites (tertiary alicyclic amines) is 2. The molecule has 0 saturated carbocycles. The molecule has 0 N–H and O–H groups in total. The van der Waals surface area contributed by atoms with Crippen LogP contribution in [0.4, 0.5) is 0 Å². The van der Waals surface area contributed by atoms with E-state index in [1.54, 1.807) is 0 Å². The molecule has 2 aliphatic rings. The Morgan fingerprint density at radius 1 is 1.38 bits per heavy atom. The third-order valence-corrected chi connectivity index (χ3v) is 4.98. The highest BCUT2D eigenvalue weighted by molar-refractivity contribution is 5.78. The van der Waals surface area contributed by atoms with Gasteiger partial charge in [0, 0.05) is 43.5 Å². The smallest absolute Gasteiger partial charge is 0.225 e. The zero-order valence-electron chi connectivity index (χ0n) is 13.1. The summed E-state index contributed by atoms with van der Waals surface area (Å²) in [6, 6.07) is 4.15. The highest BCUT2D eigenvalue weighted by Gasteiger charge is 2.47. The summed E-state index contributed by atoms with van der Waals surface area (Å²) in [7, 11) is 0. The highest BCUT2D eigenvalue weighted by atomic mass is 16.2. The molecule has 1 unspecified atom stereocenters. The van der Waals surface area contributed by atoms with Crippen LogP contribution >= 0.6 is 0 Å². The largest absolute Gasteiger partial charge is 0.341 e. The Hall–Kier alpha value is -1.42. The summed E-state index contributed by atoms with van der Waals surface area (Å²) in [5.74, 6) is 0.411. The zero-order valence-corrected chi connectivity index (χ0v) is 13.1. The first kappa shape index (κ1) is 14.5. The van der Waals surface area contributed by atoms with Crippen LogP contribution in [0, 0.1) is 5.92 Å². The van der Waals surface area contributed by atoms with Gasteiger partial charge < -0.3 is 4.90 Å². The van der Waals surface area contributed by atoms with Crippen LogP contribution in [0.5, 0.6) is 0 Å². The topological polar surface area (TPSA) is 36.4 Å². The van der Waals surface area contributed by atoms with Crippen molar-refractivity contribution < 1.29 is 4.79 Å². The second-order valence-corrected chi connectivity index (χ2v) is 6.78. The molecule has 2 saturated heterocycles. The standard InChI is InChI=1S/C17H25N3O/c1-14(2)16(21)19-10-7-17(13-19)6-4-9-20(17)12-15-5-3-8-18-11-15/h3,5,8,11,14H,4,6-7,9-10,12-13H2,1-2H3. The zero-order chi connectivity index (χ0) is 14.9. The summed E-state index contributed by atoms with van der Waals surface area (Å²) >= 11 is 0. The summed E-state index contributed by atoms with van der Waals surface area (Å²) in [5, 5.41) is 0. The first-order valence-corrected chi connectivity index (χ1v) is 8.03. The maximum atomic E-state index is 12.2. The summed E-state index contributed by atoms with van der Waals surface area (Å²) in [6.45, 7) is 7.91. The fraction of sp³-hybridized carbons (Fsp3) is 0.647. The molecule has 2 aliphatic heterocycles. The lowest BCUT2D eigenvalue weighted by molar-refractivity contribution is -0.133. The van der Waals surface area contributed by atoms with Crippen molar-refractivity contribution in [2.75, 3.05) is 19.6 Å². The third-order valence-electron chi connectivity index (χ3n) is 4.98. The van der Waals surface area contributed by atoms with E-state index in [1.807, 2.05) is 32.3 Å². The van der Waals surface area contributed by atoms with Crippen LogP contribution in [0.25, 0.3) is 0 Å². The maximum Gasteiger partial charge on any atom is 0.225 e. The van der Waals surface area contributed by atoms with Crippen LogP contribution in [0.15, 0.2) is 24.5 Å². The van der Waals surface area contributed by atoms with E-state index in [1.165, 1.54) is 18.4 Å². The van der Waals surface area contributed by atoms with Crippen LogP contribution in [-0.4, -0.2) is 45.9 Å². The van der Waals surface area contributed by atoms with Crippen LogP contribution in [0.1, 0.15) is 38.7 Å². The van der Waals surface area contributed by atoms with Gasteiger partial charge in [-0.1, -0.05) is 19.9 Å². The Bertz CT molecular complexity index is 502. The summed E-state index contributed by atoms with van der Waals surface area (Å²) in [6.07, 6.45) is 7.35. The van der Waals surface area contributed by atoms with E-state index in [4.69, 9.17) is 0 Å². The summed E-state index contributed by atoms with van der Waals surface area (Å²) in [5.41, 5.74) is 1.48. The van der Waals surface area contributed by atoms with Gasteiger partial charge in [0.2, 0.25) is 5.91 Å². The Balaban J connectivity index is 1.71. The molecule has 3 heterocycles. The number of rotatable bonds is 3. The quantitative estimate of drug-likeness (QED) is 0.856. The van der Waals surface area contributed by atoms with Gasteiger partial charge in [-0.05, 0) is 37.4 Å². The molecule has 1 aromatic rings. The number of nitrogens with zero attached hydrogens (tertiary/aromatic N) is 3. The van der Waals surface area contributed by atoms with Gasteiger partial charge in [0.05, 0.1) is 0 Å². The molecule has 114 valence electrons. The lowest BCUT2D eigenvalue weighted by Crippen LogP contribution is -2.46. The van der Waals surface area contributed by atoms with Gasteiger partial charge in [-0.25, -0.2) is 0 Å². The summed E-state index contributed by atoms with van der Waals surface area (Å²) in [4.78, 5) is 21.1. The van der Waals surface area contributed by atoms with Gasteiger partial charge >= 0.3 is 0 Å². The van der Waals surface area contributed by atoms with E-state index in [0.717, 1.165) is 32.6 Å². The van der Waals surface area contributed by atoms with E-state index in [0.29, 0.717) is 5.91 Å². The molecule has 1 aromatic heterocycles. The van der Waals surface area contributed by atoms with E-state index in [2.05, 4.69) is 20.9 Å². The molecule has 1 atom stereocenters. The maximum absolute atomic E-state index is 12.2. The first-order chi connectivity index (χ1) is 10.1. The SMILES string of the molecule is CC(C)C(=O)N1CCC2(CCCN2Cc2cccnc2)C1. The van der Waals surface area contributed by atoms with Crippen molar-refractivity contribution in [2.24, 2.45) is 5.92 Å². The van der Waals surface area contributed by atoms with Gasteiger partial charge in [0.1, 0.15) is 0 Å². The van der Waals surface area contributed by atoms with Gasteiger partial charge in [-0.15, -0.1) is 0 Å². The van der Waals surface area contributed by atoms with Crippen LogP contribution in [-0.2, 0) is 11.3 Å². The number of hydrogen-bond acceptors (Lipinski definition) is 3. The minimum absolute atomic E-state index is 0.105. The molecule has 2 fully saturated rings. The molecule has 3 rings (SSSR count). The van der Waals surface area contributed by atoms with Crippen molar-refractivity contribution in [3.05, 3.63) is 30.1 Å². The lowest BCUT2D eigenvalue weighted by Gasteiger charge is -2.35. The van der Waals surface area contributed by atoms with Crippen molar-refractivity contribution in [3.8, 4) is 0 Å². The van der Waals surface area contributed by atoms with Gasteiger partial charge in [-0.2, -0.15) is 0 Å². The molecular weight excluding hydrogens is 262 g/mol. The van der Waals surface area contributed by atoms with Crippen LogP contribution in [0.2, 0.25) is 0 Å². The molecular formula is C17H25N3O. The molecule has 0 radical (unpaired) electrons. The van der Waals surface area contributed by atoms with Crippen molar-refractivity contribution in [2.45, 2.75) is 45.2 Å². The third kappa shape index (κ3) is 2.82. The van der Waals surface area contributed by atoms with Crippen molar-refractivity contribution in [3.63, 3.8) is 0 Å². The number of aromatic nitrogens is 1. The number of hydrogen-bond donors (Lipinski definition) is 0. The lowest BCUT2D eigenvalue weighted by atomic mass is 9.95. The summed E-state index contributed by atoms with van der Waals surface area (Å²) < 4.78 is 0. The minimum Gasteiger partial charge on any atom is -0.341 e. The Morgan fingerprint density at radius 2 is 2.24 bits per heavy atom. The van der Waals surface area contributed by atoms with Gasteiger partial charge in [-0.3, -0.25) is 14.7 Å². The predicted octanol–water partition coefficient (Wildman–Crippen LogP) is 2.30. The van der Waals surface area contributed by atoms with E-state index in [-0.39, 0.29) is 11.5 Å². The number of carbonyl (C=O) groups is 1. The van der Waals surface area contributed by atoms with Gasteiger partial charge in [0.25, 0.3) is 0 Å². The minimum atomic E-state index is 0.105. The average molecular weight is 287 g/mol. The Kier molecular flexibility index (Phi) is 3.98. The van der Waals surface area contributed by atoms with Gasteiger partial charge in [0.15, 0.2) is 0 Å². The average Bonchev–Trinajstić information content (AvgIpc) is 3.08. The molecule has 0 aromatic carbocycles. The first-order valence-electron chi connectivity index (χ1n) is 8.03. The van der Waals surface area contributed by atoms with Crippen LogP contribution in [0.3, 0.4) is 0 Å². The van der Waals surface area contributed by atoms with Crippen LogP contribution < -0.4 is 0 Å². The second-order valence-electron chi connectivity index (χ2n) is 6.78. The molecule has 21 heavy (non-hydrogen) atoms. The molecule has 1 spiro atoms. The van der Waals surface area contributed by atoms with E-state index in [9.17, 15) is 4.79 Å². The number of amides is 1. The molecule has 4 nitrogen and oxygen atoms in total. The van der Waals surface area contributed by atoms with Crippen molar-refractivity contribution in [1.29, 1.82) is 0 Å². The molecule has 0 bridgehead atoms. The normalized spacial score (nSPS) is 26.1. The fourth-order valence-electron chi connectivity index (χ4n) is 3.82. The fourth-order valence-corrected chi connectivity index (χ4v) is 3.82. The van der Waals surface area contributed by atoms with E-state index >= 15 is 0 Å². The van der Waals surface area contributed by atoms with E-state index < -0.39 is 0 Å². The monoisotopic (exact) mass is 287 g/mol. The molecule has 0 aliphatic carbocycles. The number of pyridine rings is 1. The Morgan fingerprint density at radius 3 is 2.95 bits per heavy atom. The van der Waals surface area contributed by atoms with Crippen molar-refractivity contribution >= 4 is 5.91 Å². The van der Waals surface area contributed by atoms with Crippen molar-refractivity contribution in [1.82, 2.24) is 14.8 Å². The predicted molar refractivity (Wildman–Crippen MR) is 82.6 cm³/mol.